The minimum atomic E-state index is -1.20. The Labute approximate surface area is 299 Å². The predicted octanol–water partition coefficient (Wildman–Crippen LogP) is 5.37. The van der Waals surface area contributed by atoms with E-state index in [1.807, 2.05) is 12.1 Å². The number of likely N-dealkylation sites (tertiary alicyclic amines) is 2. The number of aromatic hydroxyl groups is 2. The van der Waals surface area contributed by atoms with Crippen molar-refractivity contribution in [3.05, 3.63) is 69.0 Å². The summed E-state index contributed by atoms with van der Waals surface area (Å²) in [6.07, 6.45) is 6.17. The summed E-state index contributed by atoms with van der Waals surface area (Å²) < 4.78 is 13.9. The number of aromatic nitrogens is 1. The Morgan fingerprint density at radius 1 is 0.686 bits per heavy atom. The standard InChI is InChI=1S/C42H51N3O6/c1-21-5-11-29(46)35-31(21)39-13-15-44(19-25-7-8-25)23(3)41(39,48)17-27-28-18-42(49)24(4)45(20-26-9-10-26)16-14-40(42)32-22(2)6-12-30(47)36(32)51-38(40)34(28)43-33(27)37(39)50-35/h5-6,11-12,23-26,37-38,43,46-49H,7-10,13-20H2,1-4H3/t23-,24?,37+,38+,39+,40+,41-,42-/m1/s1. The number of H-pyrrole nitrogens is 1. The first kappa shape index (κ1) is 31.3. The molecule has 9 heteroatoms. The summed E-state index contributed by atoms with van der Waals surface area (Å²) in [5.74, 6) is 2.56. The molecule has 2 saturated heterocycles. The monoisotopic (exact) mass is 693 g/mol. The number of aromatic amines is 1. The maximum atomic E-state index is 13.6. The van der Waals surface area contributed by atoms with E-state index < -0.39 is 34.2 Å². The highest BCUT2D eigenvalue weighted by molar-refractivity contribution is 5.66. The highest BCUT2D eigenvalue weighted by Gasteiger charge is 2.74. The normalized spacial score (nSPS) is 39.0. The van der Waals surface area contributed by atoms with Crippen LogP contribution < -0.4 is 9.47 Å². The van der Waals surface area contributed by atoms with Crippen LogP contribution in [-0.2, 0) is 23.7 Å². The van der Waals surface area contributed by atoms with Crippen molar-refractivity contribution in [2.24, 2.45) is 11.8 Å². The largest absolute Gasteiger partial charge is 0.504 e. The predicted molar refractivity (Wildman–Crippen MR) is 191 cm³/mol. The maximum absolute atomic E-state index is 13.6. The van der Waals surface area contributed by atoms with Crippen molar-refractivity contribution >= 4 is 0 Å². The quantitative estimate of drug-likeness (QED) is 0.248. The number of ether oxygens (including phenoxy) is 2. The fourth-order valence-electron chi connectivity index (χ4n) is 12.6. The lowest BCUT2D eigenvalue weighted by atomic mass is 9.50. The van der Waals surface area contributed by atoms with E-state index in [-0.39, 0.29) is 23.6 Å². The van der Waals surface area contributed by atoms with Crippen molar-refractivity contribution in [3.8, 4) is 23.0 Å². The number of rotatable bonds is 4. The molecule has 51 heavy (non-hydrogen) atoms. The van der Waals surface area contributed by atoms with Gasteiger partial charge in [-0.1, -0.05) is 12.1 Å². The second-order valence-electron chi connectivity index (χ2n) is 18.0. The molecule has 9 nitrogen and oxygen atoms in total. The van der Waals surface area contributed by atoms with Gasteiger partial charge in [-0.3, -0.25) is 9.80 Å². The van der Waals surface area contributed by atoms with Gasteiger partial charge >= 0.3 is 0 Å². The minimum Gasteiger partial charge on any atom is -0.504 e. The van der Waals surface area contributed by atoms with E-state index in [0.29, 0.717) is 49.0 Å². The molecule has 0 radical (unpaired) electrons. The van der Waals surface area contributed by atoms with Crippen LogP contribution >= 0.6 is 0 Å². The molecule has 11 rings (SSSR count). The van der Waals surface area contributed by atoms with Crippen LogP contribution in [0.25, 0.3) is 0 Å². The first-order valence-electron chi connectivity index (χ1n) is 19.6. The van der Waals surface area contributed by atoms with Crippen molar-refractivity contribution in [1.29, 1.82) is 0 Å². The zero-order chi connectivity index (χ0) is 35.0. The molecule has 0 amide bonds. The number of fused-ring (bicyclic) bond motifs is 7. The van der Waals surface area contributed by atoms with Crippen molar-refractivity contribution in [2.75, 3.05) is 26.2 Å². The van der Waals surface area contributed by atoms with E-state index >= 15 is 0 Å². The molecule has 3 aromatic rings. The molecule has 2 spiro atoms. The molecule has 5 N–H and O–H groups in total. The number of nitrogens with one attached hydrogen (secondary N) is 1. The number of benzene rings is 2. The van der Waals surface area contributed by atoms with Gasteiger partial charge in [-0.25, -0.2) is 0 Å². The number of phenolic OH excluding ortho intramolecular Hbond substituents is 2. The SMILES string of the molecule is Cc1ccc(O)c2c1[C@]13CCN(CC4CC4)C(C)[C@]1(O)Cc1c([nH]c4c1C[C@@]1(O)[C@@H](C)N(CC5CC5)CC[C@@]15c1c(C)ccc(O)c1O[C@@H]45)[C@@H]3O2. The summed E-state index contributed by atoms with van der Waals surface area (Å²) in [4.78, 5) is 8.91. The third-order valence-electron chi connectivity index (χ3n) is 15.6. The molecule has 8 atom stereocenters. The lowest BCUT2D eigenvalue weighted by Gasteiger charge is -2.60. The molecule has 0 bridgehead atoms. The van der Waals surface area contributed by atoms with E-state index in [1.54, 1.807) is 12.1 Å². The fraction of sp³-hybridized carbons (Fsp3) is 0.619. The topological polar surface area (TPSA) is 122 Å². The van der Waals surface area contributed by atoms with Crippen LogP contribution in [0.3, 0.4) is 0 Å². The van der Waals surface area contributed by atoms with Crippen LogP contribution in [0.5, 0.6) is 23.0 Å². The van der Waals surface area contributed by atoms with Crippen LogP contribution in [0.1, 0.15) is 109 Å². The second-order valence-corrected chi connectivity index (χ2v) is 18.0. The molecule has 4 fully saturated rings. The van der Waals surface area contributed by atoms with Gasteiger partial charge in [0.05, 0.1) is 33.4 Å². The number of hydrogen-bond donors (Lipinski definition) is 5. The molecule has 2 aromatic carbocycles. The van der Waals surface area contributed by atoms with Crippen molar-refractivity contribution in [2.45, 2.75) is 125 Å². The van der Waals surface area contributed by atoms with Crippen LogP contribution in [0.2, 0.25) is 0 Å². The van der Waals surface area contributed by atoms with Crippen LogP contribution in [0.15, 0.2) is 24.3 Å². The van der Waals surface area contributed by atoms with E-state index in [2.05, 4.69) is 42.5 Å². The van der Waals surface area contributed by atoms with Crippen molar-refractivity contribution in [1.82, 2.24) is 14.8 Å². The van der Waals surface area contributed by atoms with Gasteiger partial charge in [-0.05, 0) is 126 Å². The summed E-state index contributed by atoms with van der Waals surface area (Å²) in [6.45, 7) is 12.2. The van der Waals surface area contributed by atoms with Gasteiger partial charge in [0.15, 0.2) is 35.2 Å². The number of hydrogen-bond acceptors (Lipinski definition) is 8. The van der Waals surface area contributed by atoms with Gasteiger partial charge in [0.2, 0.25) is 0 Å². The van der Waals surface area contributed by atoms with Gasteiger partial charge in [-0.15, -0.1) is 0 Å². The number of aryl methyl sites for hydroxylation is 2. The maximum Gasteiger partial charge on any atom is 0.166 e. The Balaban J connectivity index is 1.13. The zero-order valence-corrected chi connectivity index (χ0v) is 30.3. The summed E-state index contributed by atoms with van der Waals surface area (Å²) >= 11 is 0. The minimum absolute atomic E-state index is 0.108. The highest BCUT2D eigenvalue weighted by atomic mass is 16.5. The molecule has 2 saturated carbocycles. The molecule has 270 valence electrons. The Bertz CT molecular complexity index is 1880. The number of aliphatic hydroxyl groups is 2. The zero-order valence-electron chi connectivity index (χ0n) is 30.3. The summed E-state index contributed by atoms with van der Waals surface area (Å²) in [6, 6.07) is 7.05. The Morgan fingerprint density at radius 3 is 1.49 bits per heavy atom. The van der Waals surface area contributed by atoms with E-state index in [4.69, 9.17) is 9.47 Å². The molecule has 1 aromatic heterocycles. The number of nitrogens with zero attached hydrogens (tertiary/aromatic N) is 2. The average molecular weight is 694 g/mol. The lowest BCUT2D eigenvalue weighted by molar-refractivity contribution is -0.165. The van der Waals surface area contributed by atoms with Gasteiger partial charge in [0.25, 0.3) is 0 Å². The molecule has 4 aliphatic carbocycles. The van der Waals surface area contributed by atoms with Crippen molar-refractivity contribution in [3.63, 3.8) is 0 Å². The van der Waals surface area contributed by atoms with Crippen LogP contribution in [-0.4, -0.2) is 84.7 Å². The summed E-state index contributed by atoms with van der Waals surface area (Å²) in [5.41, 5.74) is 3.90. The smallest absolute Gasteiger partial charge is 0.166 e. The van der Waals surface area contributed by atoms with Gasteiger partial charge in [0.1, 0.15) is 0 Å². The van der Waals surface area contributed by atoms with E-state index in [0.717, 1.165) is 70.9 Å². The van der Waals surface area contributed by atoms with E-state index in [1.165, 1.54) is 25.7 Å². The van der Waals surface area contributed by atoms with Crippen LogP contribution in [0.4, 0.5) is 0 Å². The molecular formula is C42H51N3O6. The fourth-order valence-corrected chi connectivity index (χ4v) is 12.6. The molecule has 8 aliphatic rings. The Morgan fingerprint density at radius 2 is 1.10 bits per heavy atom. The van der Waals surface area contributed by atoms with Gasteiger partial charge in [-0.2, -0.15) is 0 Å². The summed E-state index contributed by atoms with van der Waals surface area (Å²) in [5, 5.41) is 49.8. The Kier molecular flexibility index (Phi) is 6.04. The molecule has 1 unspecified atom stereocenters. The van der Waals surface area contributed by atoms with Crippen molar-refractivity contribution < 1.29 is 29.9 Å². The number of phenols is 2. The summed E-state index contributed by atoms with van der Waals surface area (Å²) in [7, 11) is 0. The first-order chi connectivity index (χ1) is 24.4. The van der Waals surface area contributed by atoms with Gasteiger partial charge < -0.3 is 34.9 Å². The lowest BCUT2D eigenvalue weighted by Crippen LogP contribution is -2.72. The molecule has 4 aliphatic heterocycles. The third kappa shape index (κ3) is 3.62. The molecular weight excluding hydrogens is 642 g/mol. The average Bonchev–Trinajstić information content (AvgIpc) is 4.01. The van der Waals surface area contributed by atoms with E-state index in [9.17, 15) is 20.4 Å². The second kappa shape index (κ2) is 9.84. The Hall–Kier alpha value is -3.24. The van der Waals surface area contributed by atoms with Gasteiger partial charge in [0, 0.05) is 49.1 Å². The first-order valence-corrected chi connectivity index (χ1v) is 19.6. The molecule has 5 heterocycles. The number of piperidine rings is 2. The third-order valence-corrected chi connectivity index (χ3v) is 15.6. The van der Waals surface area contributed by atoms with Crippen LogP contribution in [0, 0.1) is 25.7 Å². The highest BCUT2D eigenvalue weighted by Crippen LogP contribution is 2.70.